The van der Waals surface area contributed by atoms with Crippen LogP contribution in [0, 0.1) is 12.7 Å². The van der Waals surface area contributed by atoms with Gasteiger partial charge in [0.25, 0.3) is 0 Å². The Hall–Kier alpha value is -2.41. The quantitative estimate of drug-likeness (QED) is 0.792. The molecule has 7 heteroatoms. The second-order valence-corrected chi connectivity index (χ2v) is 5.71. The van der Waals surface area contributed by atoms with Crippen LogP contribution in [-0.2, 0) is 0 Å². The summed E-state index contributed by atoms with van der Waals surface area (Å²) in [7, 11) is 0. The van der Waals surface area contributed by atoms with Gasteiger partial charge in [0, 0.05) is 11.8 Å². The number of halogens is 1. The van der Waals surface area contributed by atoms with Gasteiger partial charge in [-0.25, -0.2) is 13.9 Å². The van der Waals surface area contributed by atoms with Gasteiger partial charge in [-0.3, -0.25) is 5.32 Å². The SMILES string of the molecule is CCC(C)(CO)NC(=O)Nc1cc(C)n(-c2ccc(F)cc2)n1. The summed E-state index contributed by atoms with van der Waals surface area (Å²) in [5.41, 5.74) is 0.817. The number of anilines is 1. The van der Waals surface area contributed by atoms with Gasteiger partial charge in [0.05, 0.1) is 17.8 Å². The first kappa shape index (κ1) is 17.0. The van der Waals surface area contributed by atoms with Gasteiger partial charge in [-0.15, -0.1) is 5.10 Å². The van der Waals surface area contributed by atoms with E-state index in [4.69, 9.17) is 0 Å². The van der Waals surface area contributed by atoms with Crippen LogP contribution in [0.2, 0.25) is 0 Å². The number of aryl methyl sites for hydroxylation is 1. The molecule has 0 fully saturated rings. The zero-order valence-electron chi connectivity index (χ0n) is 13.4. The van der Waals surface area contributed by atoms with E-state index in [0.29, 0.717) is 17.9 Å². The number of amides is 2. The van der Waals surface area contributed by atoms with Crippen LogP contribution in [0.4, 0.5) is 15.0 Å². The molecule has 0 aliphatic rings. The van der Waals surface area contributed by atoms with Gasteiger partial charge >= 0.3 is 6.03 Å². The summed E-state index contributed by atoms with van der Waals surface area (Å²) in [6, 6.07) is 7.20. The van der Waals surface area contributed by atoms with Gasteiger partial charge < -0.3 is 10.4 Å². The summed E-state index contributed by atoms with van der Waals surface area (Å²) in [6.45, 7) is 5.32. The molecule has 0 aliphatic carbocycles. The molecule has 2 aromatic rings. The standard InChI is InChI=1S/C16H21FN4O2/c1-4-16(3,10-22)19-15(23)18-14-9-11(2)21(20-14)13-7-5-12(17)6-8-13/h5-9,22H,4,10H2,1-3H3,(H2,18,19,20,23). The number of nitrogens with one attached hydrogen (secondary N) is 2. The third kappa shape index (κ3) is 4.07. The molecule has 0 aliphatic heterocycles. The molecule has 0 bridgehead atoms. The molecule has 6 nitrogen and oxygen atoms in total. The van der Waals surface area contributed by atoms with Crippen molar-refractivity contribution < 1.29 is 14.3 Å². The normalized spacial score (nSPS) is 13.4. The molecule has 2 rings (SSSR count). The van der Waals surface area contributed by atoms with Gasteiger partial charge in [-0.1, -0.05) is 6.92 Å². The van der Waals surface area contributed by atoms with Crippen LogP contribution in [0.5, 0.6) is 0 Å². The summed E-state index contributed by atoms with van der Waals surface area (Å²) >= 11 is 0. The zero-order valence-corrected chi connectivity index (χ0v) is 13.4. The molecule has 0 saturated heterocycles. The fourth-order valence-corrected chi connectivity index (χ4v) is 2.04. The highest BCUT2D eigenvalue weighted by Crippen LogP contribution is 2.16. The van der Waals surface area contributed by atoms with Crippen LogP contribution in [0.3, 0.4) is 0 Å². The van der Waals surface area contributed by atoms with Crippen molar-refractivity contribution in [1.29, 1.82) is 0 Å². The molecule has 1 atom stereocenters. The Kier molecular flexibility index (Phi) is 5.00. The second-order valence-electron chi connectivity index (χ2n) is 5.71. The predicted molar refractivity (Wildman–Crippen MR) is 86.2 cm³/mol. The van der Waals surface area contributed by atoms with Crippen LogP contribution < -0.4 is 10.6 Å². The number of carbonyl (C=O) groups excluding carboxylic acids is 1. The highest BCUT2D eigenvalue weighted by atomic mass is 19.1. The van der Waals surface area contributed by atoms with Gasteiger partial charge in [-0.2, -0.15) is 0 Å². The van der Waals surface area contributed by atoms with Gasteiger partial charge in [0.2, 0.25) is 0 Å². The smallest absolute Gasteiger partial charge is 0.320 e. The van der Waals surface area contributed by atoms with Crippen molar-refractivity contribution in [1.82, 2.24) is 15.1 Å². The third-order valence-electron chi connectivity index (χ3n) is 3.74. The second kappa shape index (κ2) is 6.78. The Morgan fingerprint density at radius 1 is 1.39 bits per heavy atom. The summed E-state index contributed by atoms with van der Waals surface area (Å²) in [4.78, 5) is 12.0. The van der Waals surface area contributed by atoms with Crippen LogP contribution in [0.25, 0.3) is 5.69 Å². The van der Waals surface area contributed by atoms with E-state index in [1.54, 1.807) is 29.8 Å². The lowest BCUT2D eigenvalue weighted by Gasteiger charge is -2.26. The van der Waals surface area contributed by atoms with E-state index in [1.807, 2.05) is 13.8 Å². The fraction of sp³-hybridized carbons (Fsp3) is 0.375. The Balaban J connectivity index is 2.12. The van der Waals surface area contributed by atoms with E-state index in [0.717, 1.165) is 5.69 Å². The zero-order chi connectivity index (χ0) is 17.0. The highest BCUT2D eigenvalue weighted by Gasteiger charge is 2.23. The van der Waals surface area contributed by atoms with Crippen molar-refractivity contribution in [2.24, 2.45) is 0 Å². The van der Waals surface area contributed by atoms with Gasteiger partial charge in [-0.05, 0) is 44.5 Å². The van der Waals surface area contributed by atoms with E-state index in [2.05, 4.69) is 15.7 Å². The molecule has 124 valence electrons. The van der Waals surface area contributed by atoms with Crippen molar-refractivity contribution >= 4 is 11.8 Å². The Bertz CT molecular complexity index is 678. The van der Waals surface area contributed by atoms with Crippen LogP contribution in [0.15, 0.2) is 30.3 Å². The largest absolute Gasteiger partial charge is 0.394 e. The fourth-order valence-electron chi connectivity index (χ4n) is 2.04. The lowest BCUT2D eigenvalue weighted by atomic mass is 10.0. The first-order valence-electron chi connectivity index (χ1n) is 7.39. The van der Waals surface area contributed by atoms with E-state index in [-0.39, 0.29) is 12.4 Å². The van der Waals surface area contributed by atoms with E-state index >= 15 is 0 Å². The minimum atomic E-state index is -0.682. The van der Waals surface area contributed by atoms with Gasteiger partial charge in [0.15, 0.2) is 5.82 Å². The predicted octanol–water partition coefficient (Wildman–Crippen LogP) is 2.60. The Labute approximate surface area is 134 Å². The van der Waals surface area contributed by atoms with Crippen molar-refractivity contribution in [3.8, 4) is 5.69 Å². The summed E-state index contributed by atoms with van der Waals surface area (Å²) < 4.78 is 14.6. The van der Waals surface area contributed by atoms with E-state index in [1.165, 1.54) is 12.1 Å². The molecule has 0 spiro atoms. The number of urea groups is 1. The third-order valence-corrected chi connectivity index (χ3v) is 3.74. The maximum absolute atomic E-state index is 13.0. The van der Waals surface area contributed by atoms with Gasteiger partial charge in [0.1, 0.15) is 5.82 Å². The number of hydrogen-bond donors (Lipinski definition) is 3. The molecule has 0 saturated carbocycles. The molecule has 0 radical (unpaired) electrons. The van der Waals surface area contributed by atoms with Crippen molar-refractivity contribution in [3.05, 3.63) is 41.8 Å². The van der Waals surface area contributed by atoms with Crippen LogP contribution in [-0.4, -0.2) is 33.1 Å². The highest BCUT2D eigenvalue weighted by molar-refractivity contribution is 5.88. The number of aliphatic hydroxyl groups excluding tert-OH is 1. The Morgan fingerprint density at radius 3 is 2.61 bits per heavy atom. The Morgan fingerprint density at radius 2 is 2.04 bits per heavy atom. The first-order chi connectivity index (χ1) is 10.9. The molecule has 1 aromatic heterocycles. The molecule has 1 unspecified atom stereocenters. The number of rotatable bonds is 5. The maximum Gasteiger partial charge on any atom is 0.320 e. The number of hydrogen-bond acceptors (Lipinski definition) is 3. The van der Waals surface area contributed by atoms with E-state index in [9.17, 15) is 14.3 Å². The minimum absolute atomic E-state index is 0.153. The monoisotopic (exact) mass is 320 g/mol. The minimum Gasteiger partial charge on any atom is -0.394 e. The lowest BCUT2D eigenvalue weighted by Crippen LogP contribution is -2.50. The molecule has 23 heavy (non-hydrogen) atoms. The molecule has 1 heterocycles. The number of aromatic nitrogens is 2. The first-order valence-corrected chi connectivity index (χ1v) is 7.39. The molecular formula is C16H21FN4O2. The summed E-state index contributed by atoms with van der Waals surface area (Å²) in [5, 5.41) is 19.0. The number of aliphatic hydroxyl groups is 1. The molecular weight excluding hydrogens is 299 g/mol. The topological polar surface area (TPSA) is 79.2 Å². The average molecular weight is 320 g/mol. The van der Waals surface area contributed by atoms with E-state index < -0.39 is 11.6 Å². The van der Waals surface area contributed by atoms with Crippen molar-refractivity contribution in [3.63, 3.8) is 0 Å². The van der Waals surface area contributed by atoms with Crippen LogP contribution in [0.1, 0.15) is 26.0 Å². The lowest BCUT2D eigenvalue weighted by molar-refractivity contribution is 0.172. The average Bonchev–Trinajstić information content (AvgIpc) is 2.88. The number of carbonyl (C=O) groups is 1. The molecule has 1 aromatic carbocycles. The molecule has 2 amide bonds. The summed E-state index contributed by atoms with van der Waals surface area (Å²) in [5.74, 6) is 0.0554. The summed E-state index contributed by atoms with van der Waals surface area (Å²) in [6.07, 6.45) is 0.597. The van der Waals surface area contributed by atoms with Crippen molar-refractivity contribution in [2.75, 3.05) is 11.9 Å². The van der Waals surface area contributed by atoms with Crippen LogP contribution >= 0.6 is 0 Å². The number of benzene rings is 1. The molecule has 3 N–H and O–H groups in total. The maximum atomic E-state index is 13.0. The number of nitrogens with zero attached hydrogens (tertiary/aromatic N) is 2. The van der Waals surface area contributed by atoms with Crippen molar-refractivity contribution in [2.45, 2.75) is 32.7 Å².